The first-order valence-corrected chi connectivity index (χ1v) is 7.57. The van der Waals surface area contributed by atoms with Crippen LogP contribution in [0.2, 0.25) is 0 Å². The quantitative estimate of drug-likeness (QED) is 0.928. The summed E-state index contributed by atoms with van der Waals surface area (Å²) in [5.74, 6) is 0.967. The van der Waals surface area contributed by atoms with Crippen LogP contribution in [0.25, 0.3) is 0 Å². The van der Waals surface area contributed by atoms with Crippen molar-refractivity contribution in [2.45, 2.75) is 51.7 Å². The highest BCUT2D eigenvalue weighted by atomic mass is 79.9. The van der Waals surface area contributed by atoms with E-state index in [1.807, 2.05) is 12.3 Å². The van der Waals surface area contributed by atoms with Gasteiger partial charge in [0, 0.05) is 28.8 Å². The van der Waals surface area contributed by atoms with E-state index in [4.69, 9.17) is 0 Å². The Morgan fingerprint density at radius 3 is 3.00 bits per heavy atom. The Morgan fingerprint density at radius 1 is 1.44 bits per heavy atom. The molecule has 0 aromatic carbocycles. The van der Waals surface area contributed by atoms with E-state index in [-0.39, 0.29) is 6.61 Å². The molecule has 4 heteroatoms. The molecule has 0 bridgehead atoms. The molecule has 0 radical (unpaired) electrons. The van der Waals surface area contributed by atoms with Gasteiger partial charge in [-0.25, -0.2) is 4.98 Å². The topological polar surface area (TPSA) is 36.4 Å². The lowest BCUT2D eigenvalue weighted by Gasteiger charge is -2.31. The Kier molecular flexibility index (Phi) is 5.01. The number of rotatable bonds is 3. The van der Waals surface area contributed by atoms with Crippen molar-refractivity contribution in [2.75, 3.05) is 11.4 Å². The van der Waals surface area contributed by atoms with Crippen molar-refractivity contribution in [3.8, 4) is 0 Å². The molecule has 1 aliphatic rings. The fourth-order valence-electron chi connectivity index (χ4n) is 2.73. The van der Waals surface area contributed by atoms with E-state index in [0.29, 0.717) is 6.04 Å². The van der Waals surface area contributed by atoms with Gasteiger partial charge in [-0.1, -0.05) is 19.8 Å². The number of nitrogens with zero attached hydrogens (tertiary/aromatic N) is 2. The lowest BCUT2D eigenvalue weighted by molar-refractivity contribution is 0.281. The highest BCUT2D eigenvalue weighted by molar-refractivity contribution is 9.10. The number of aliphatic hydroxyl groups is 1. The average Bonchev–Trinajstić information content (AvgIpc) is 2.63. The van der Waals surface area contributed by atoms with Gasteiger partial charge in [0.05, 0.1) is 6.61 Å². The minimum absolute atomic E-state index is 0.0503. The van der Waals surface area contributed by atoms with Gasteiger partial charge >= 0.3 is 0 Å². The molecule has 1 unspecified atom stereocenters. The van der Waals surface area contributed by atoms with Gasteiger partial charge in [0.2, 0.25) is 0 Å². The van der Waals surface area contributed by atoms with Crippen molar-refractivity contribution < 1.29 is 5.11 Å². The molecule has 3 nitrogen and oxygen atoms in total. The lowest BCUT2D eigenvalue weighted by atomic mass is 10.1. The van der Waals surface area contributed by atoms with E-state index >= 15 is 0 Å². The maximum Gasteiger partial charge on any atom is 0.134 e. The lowest BCUT2D eigenvalue weighted by Crippen LogP contribution is -2.35. The van der Waals surface area contributed by atoms with E-state index in [2.05, 4.69) is 32.7 Å². The molecule has 0 amide bonds. The largest absolute Gasteiger partial charge is 0.392 e. The number of aromatic nitrogens is 1. The number of pyridine rings is 1. The molecule has 1 fully saturated rings. The molecule has 0 aliphatic carbocycles. The van der Waals surface area contributed by atoms with Crippen LogP contribution in [-0.4, -0.2) is 22.7 Å². The van der Waals surface area contributed by atoms with Gasteiger partial charge in [0.25, 0.3) is 0 Å². The van der Waals surface area contributed by atoms with Crippen molar-refractivity contribution in [3.63, 3.8) is 0 Å². The van der Waals surface area contributed by atoms with Crippen LogP contribution in [0.1, 0.15) is 44.6 Å². The molecule has 2 rings (SSSR count). The van der Waals surface area contributed by atoms with Crippen LogP contribution >= 0.6 is 15.9 Å². The highest BCUT2D eigenvalue weighted by Crippen LogP contribution is 2.28. The summed E-state index contributed by atoms with van der Waals surface area (Å²) in [6.45, 7) is 3.34. The highest BCUT2D eigenvalue weighted by Gasteiger charge is 2.22. The Labute approximate surface area is 117 Å². The van der Waals surface area contributed by atoms with E-state index in [0.717, 1.165) is 28.8 Å². The summed E-state index contributed by atoms with van der Waals surface area (Å²) < 4.78 is 0.929. The summed E-state index contributed by atoms with van der Waals surface area (Å²) in [4.78, 5) is 6.93. The van der Waals surface area contributed by atoms with Crippen LogP contribution in [-0.2, 0) is 6.61 Å². The zero-order valence-corrected chi connectivity index (χ0v) is 12.5. The Morgan fingerprint density at radius 2 is 2.28 bits per heavy atom. The maximum atomic E-state index is 9.52. The number of hydrogen-bond donors (Lipinski definition) is 1. The molecular formula is C14H21BrN2O. The number of halogens is 1. The van der Waals surface area contributed by atoms with Crippen molar-refractivity contribution in [2.24, 2.45) is 0 Å². The second kappa shape index (κ2) is 6.53. The predicted octanol–water partition coefficient (Wildman–Crippen LogP) is 3.50. The van der Waals surface area contributed by atoms with Gasteiger partial charge < -0.3 is 10.0 Å². The Hall–Kier alpha value is -0.610. The molecule has 0 saturated carbocycles. The van der Waals surface area contributed by atoms with Gasteiger partial charge in [0.15, 0.2) is 0 Å². The van der Waals surface area contributed by atoms with E-state index in [1.54, 1.807) is 0 Å². The van der Waals surface area contributed by atoms with Crippen LogP contribution in [0, 0.1) is 0 Å². The van der Waals surface area contributed by atoms with E-state index in [1.165, 1.54) is 25.7 Å². The van der Waals surface area contributed by atoms with Crippen molar-refractivity contribution >= 4 is 21.7 Å². The van der Waals surface area contributed by atoms with Crippen molar-refractivity contribution in [3.05, 3.63) is 22.3 Å². The van der Waals surface area contributed by atoms with Gasteiger partial charge in [-0.3, -0.25) is 0 Å². The summed E-state index contributed by atoms with van der Waals surface area (Å²) in [6, 6.07) is 2.53. The molecule has 1 saturated heterocycles. The number of anilines is 1. The van der Waals surface area contributed by atoms with Crippen LogP contribution in [0.5, 0.6) is 0 Å². The molecule has 100 valence electrons. The molecule has 1 atom stereocenters. The summed E-state index contributed by atoms with van der Waals surface area (Å²) in [6.07, 6.45) is 8.03. The smallest absolute Gasteiger partial charge is 0.134 e. The second-order valence-electron chi connectivity index (χ2n) is 4.90. The third-order valence-corrected chi connectivity index (χ3v) is 4.13. The molecule has 0 spiro atoms. The molecular weight excluding hydrogens is 292 g/mol. The van der Waals surface area contributed by atoms with Crippen LogP contribution in [0.4, 0.5) is 5.82 Å². The fraction of sp³-hybridized carbons (Fsp3) is 0.643. The second-order valence-corrected chi connectivity index (χ2v) is 5.81. The average molecular weight is 313 g/mol. The Balaban J connectivity index is 2.32. The first-order chi connectivity index (χ1) is 8.76. The zero-order valence-electron chi connectivity index (χ0n) is 10.9. The SMILES string of the molecule is CCC1CCCCCN1c1ncc(Br)cc1CO. The van der Waals surface area contributed by atoms with Gasteiger partial charge in [0.1, 0.15) is 5.82 Å². The van der Waals surface area contributed by atoms with Gasteiger partial charge in [-0.05, 0) is 41.3 Å². The normalized spacial score (nSPS) is 20.8. The maximum absolute atomic E-state index is 9.52. The minimum atomic E-state index is 0.0503. The van der Waals surface area contributed by atoms with Crippen molar-refractivity contribution in [1.82, 2.24) is 4.98 Å². The van der Waals surface area contributed by atoms with Crippen LogP contribution < -0.4 is 4.90 Å². The predicted molar refractivity (Wildman–Crippen MR) is 77.8 cm³/mol. The van der Waals surface area contributed by atoms with Crippen molar-refractivity contribution in [1.29, 1.82) is 0 Å². The number of hydrogen-bond acceptors (Lipinski definition) is 3. The minimum Gasteiger partial charge on any atom is -0.392 e. The van der Waals surface area contributed by atoms with E-state index in [9.17, 15) is 5.11 Å². The Bertz CT molecular complexity index is 397. The fourth-order valence-corrected chi connectivity index (χ4v) is 3.11. The third-order valence-electron chi connectivity index (χ3n) is 3.70. The monoisotopic (exact) mass is 312 g/mol. The first kappa shape index (κ1) is 13.8. The van der Waals surface area contributed by atoms with Gasteiger partial charge in [-0.15, -0.1) is 0 Å². The standard InChI is InChI=1S/C14H21BrN2O/c1-2-13-6-4-3-5-7-17(13)14-11(10-18)8-12(15)9-16-14/h8-9,13,18H,2-7,10H2,1H3. The zero-order chi connectivity index (χ0) is 13.0. The summed E-state index contributed by atoms with van der Waals surface area (Å²) in [7, 11) is 0. The van der Waals surface area contributed by atoms with E-state index < -0.39 is 0 Å². The molecule has 1 aliphatic heterocycles. The van der Waals surface area contributed by atoms with Gasteiger partial charge in [-0.2, -0.15) is 0 Å². The van der Waals surface area contributed by atoms with Crippen LogP contribution in [0.3, 0.4) is 0 Å². The molecule has 1 N–H and O–H groups in total. The summed E-state index contributed by atoms with van der Waals surface area (Å²) >= 11 is 3.42. The molecule has 1 aromatic heterocycles. The third kappa shape index (κ3) is 3.04. The molecule has 18 heavy (non-hydrogen) atoms. The summed E-state index contributed by atoms with van der Waals surface area (Å²) in [5, 5.41) is 9.52. The molecule has 2 heterocycles. The van der Waals surface area contributed by atoms with Crippen LogP contribution in [0.15, 0.2) is 16.7 Å². The first-order valence-electron chi connectivity index (χ1n) is 6.78. The number of aliphatic hydroxyl groups excluding tert-OH is 1. The summed E-state index contributed by atoms with van der Waals surface area (Å²) in [5.41, 5.74) is 0.921. The molecule has 1 aromatic rings.